The molecule has 2 heterocycles. The first kappa shape index (κ1) is 14.4. The summed E-state index contributed by atoms with van der Waals surface area (Å²) in [5.41, 5.74) is 6.69. The van der Waals surface area contributed by atoms with Gasteiger partial charge in [-0.1, -0.05) is 18.2 Å². The van der Waals surface area contributed by atoms with Crippen LogP contribution in [-0.4, -0.2) is 49.6 Å². The molecule has 3 N–H and O–H groups in total. The third-order valence-electron chi connectivity index (χ3n) is 4.44. The molecule has 0 aliphatic carbocycles. The van der Waals surface area contributed by atoms with E-state index in [2.05, 4.69) is 16.3 Å². The fraction of sp³-hybridized carbons (Fsp3) is 0.562. The van der Waals surface area contributed by atoms with Gasteiger partial charge in [-0.15, -0.1) is 0 Å². The predicted octanol–water partition coefficient (Wildman–Crippen LogP) is 0.702. The molecule has 5 nitrogen and oxygen atoms in total. The second-order valence-electron chi connectivity index (χ2n) is 5.92. The van der Waals surface area contributed by atoms with Crippen molar-refractivity contribution >= 4 is 5.91 Å². The average Bonchev–Trinajstić information content (AvgIpc) is 2.90. The molecule has 5 heteroatoms. The van der Waals surface area contributed by atoms with Crippen LogP contribution in [0.25, 0.3) is 0 Å². The number of hydrogen-bond acceptors (Lipinski definition) is 4. The molecule has 1 unspecified atom stereocenters. The number of ether oxygens (including phenoxy) is 1. The second-order valence-corrected chi connectivity index (χ2v) is 5.92. The highest BCUT2D eigenvalue weighted by atomic mass is 16.5. The van der Waals surface area contributed by atoms with Crippen LogP contribution in [0.2, 0.25) is 0 Å². The summed E-state index contributed by atoms with van der Waals surface area (Å²) in [6.45, 7) is 3.89. The molecule has 0 radical (unpaired) electrons. The molecule has 1 amide bonds. The molecular weight excluding hydrogens is 266 g/mol. The average molecular weight is 289 g/mol. The van der Waals surface area contributed by atoms with Crippen molar-refractivity contribution in [1.82, 2.24) is 10.2 Å². The van der Waals surface area contributed by atoms with E-state index in [1.165, 1.54) is 5.56 Å². The van der Waals surface area contributed by atoms with Crippen LogP contribution in [0.5, 0.6) is 5.75 Å². The van der Waals surface area contributed by atoms with E-state index in [4.69, 9.17) is 10.5 Å². The minimum absolute atomic E-state index is 0.249. The van der Waals surface area contributed by atoms with E-state index in [1.54, 1.807) is 0 Å². The first-order chi connectivity index (χ1) is 10.2. The van der Waals surface area contributed by atoms with E-state index >= 15 is 0 Å². The van der Waals surface area contributed by atoms with E-state index in [9.17, 15) is 4.79 Å². The molecule has 1 saturated heterocycles. The van der Waals surface area contributed by atoms with Crippen LogP contribution < -0.4 is 15.8 Å². The van der Waals surface area contributed by atoms with E-state index in [-0.39, 0.29) is 5.91 Å². The Morgan fingerprint density at radius 2 is 2.10 bits per heavy atom. The maximum Gasteiger partial charge on any atom is 0.231 e. The lowest BCUT2D eigenvalue weighted by atomic mass is 9.98. The number of benzene rings is 1. The van der Waals surface area contributed by atoms with Crippen molar-refractivity contribution < 1.29 is 9.53 Å². The highest BCUT2D eigenvalue weighted by Crippen LogP contribution is 2.34. The Balaban J connectivity index is 1.71. The lowest BCUT2D eigenvalue weighted by Crippen LogP contribution is -2.48. The lowest BCUT2D eigenvalue weighted by molar-refractivity contribution is -0.119. The third-order valence-corrected chi connectivity index (χ3v) is 4.44. The van der Waals surface area contributed by atoms with Crippen LogP contribution >= 0.6 is 0 Å². The normalized spacial score (nSPS) is 22.0. The topological polar surface area (TPSA) is 67.6 Å². The van der Waals surface area contributed by atoms with Crippen LogP contribution in [-0.2, 0) is 4.79 Å². The standard InChI is InChI=1S/C16H23N3O2/c17-16(20)10-19(13-5-7-18-8-6-13)9-12-11-21-15-4-2-1-3-14(12)15/h1-4,12-13,18H,5-11H2,(H2,17,20). The van der Waals surface area contributed by atoms with Gasteiger partial charge >= 0.3 is 0 Å². The van der Waals surface area contributed by atoms with Crippen molar-refractivity contribution in [2.24, 2.45) is 5.73 Å². The molecule has 3 rings (SSSR count). The number of hydrogen-bond donors (Lipinski definition) is 2. The van der Waals surface area contributed by atoms with Crippen LogP contribution in [0.15, 0.2) is 24.3 Å². The third kappa shape index (κ3) is 3.36. The molecule has 2 aliphatic heterocycles. The number of carbonyl (C=O) groups excluding carboxylic acids is 1. The van der Waals surface area contributed by atoms with E-state index < -0.39 is 0 Å². The molecule has 1 atom stereocenters. The van der Waals surface area contributed by atoms with Crippen LogP contribution in [0.4, 0.5) is 0 Å². The molecule has 0 spiro atoms. The van der Waals surface area contributed by atoms with Gasteiger partial charge in [0.05, 0.1) is 13.2 Å². The van der Waals surface area contributed by atoms with Crippen molar-refractivity contribution in [2.45, 2.75) is 24.8 Å². The van der Waals surface area contributed by atoms with Gasteiger partial charge in [0.15, 0.2) is 0 Å². The fourth-order valence-electron chi connectivity index (χ4n) is 3.38. The van der Waals surface area contributed by atoms with Crippen LogP contribution in [0.3, 0.4) is 0 Å². The second kappa shape index (κ2) is 6.45. The number of fused-ring (bicyclic) bond motifs is 1. The Morgan fingerprint density at radius 3 is 2.86 bits per heavy atom. The van der Waals surface area contributed by atoms with Gasteiger partial charge in [-0.3, -0.25) is 9.69 Å². The largest absolute Gasteiger partial charge is 0.493 e. The van der Waals surface area contributed by atoms with Gasteiger partial charge < -0.3 is 15.8 Å². The number of nitrogens with zero attached hydrogens (tertiary/aromatic N) is 1. The van der Waals surface area contributed by atoms with Gasteiger partial charge in [0, 0.05) is 24.1 Å². The minimum Gasteiger partial charge on any atom is -0.493 e. The monoisotopic (exact) mass is 289 g/mol. The number of para-hydroxylation sites is 1. The van der Waals surface area contributed by atoms with Crippen LogP contribution in [0, 0.1) is 0 Å². The Hall–Kier alpha value is -1.59. The van der Waals surface area contributed by atoms with Crippen molar-refractivity contribution in [2.75, 3.05) is 32.8 Å². The SMILES string of the molecule is NC(=O)CN(CC1COc2ccccc21)C1CCNCC1. The molecule has 0 aromatic heterocycles. The van der Waals surface area contributed by atoms with Gasteiger partial charge in [-0.2, -0.15) is 0 Å². The van der Waals surface area contributed by atoms with Crippen molar-refractivity contribution in [3.8, 4) is 5.75 Å². The quantitative estimate of drug-likeness (QED) is 0.837. The Labute approximate surface area is 125 Å². The molecular formula is C16H23N3O2. The summed E-state index contributed by atoms with van der Waals surface area (Å²) in [7, 11) is 0. The number of rotatable bonds is 5. The summed E-state index contributed by atoms with van der Waals surface area (Å²) in [6.07, 6.45) is 2.14. The summed E-state index contributed by atoms with van der Waals surface area (Å²) in [6, 6.07) is 8.61. The van der Waals surface area contributed by atoms with Gasteiger partial charge in [-0.05, 0) is 32.0 Å². The Morgan fingerprint density at radius 1 is 1.33 bits per heavy atom. The molecule has 2 aliphatic rings. The van der Waals surface area contributed by atoms with Gasteiger partial charge in [0.25, 0.3) is 0 Å². The maximum atomic E-state index is 11.4. The summed E-state index contributed by atoms with van der Waals surface area (Å²) in [5.74, 6) is 1.06. The summed E-state index contributed by atoms with van der Waals surface area (Å²) in [4.78, 5) is 13.7. The molecule has 0 saturated carbocycles. The highest BCUT2D eigenvalue weighted by Gasteiger charge is 2.29. The molecule has 0 bridgehead atoms. The minimum atomic E-state index is -0.249. The number of nitrogens with one attached hydrogen (secondary N) is 1. The van der Waals surface area contributed by atoms with Crippen molar-refractivity contribution in [3.05, 3.63) is 29.8 Å². The molecule has 1 aromatic carbocycles. The van der Waals surface area contributed by atoms with Crippen molar-refractivity contribution in [1.29, 1.82) is 0 Å². The molecule has 114 valence electrons. The maximum absolute atomic E-state index is 11.4. The summed E-state index contributed by atoms with van der Waals surface area (Å²) >= 11 is 0. The molecule has 1 aromatic rings. The number of nitrogens with two attached hydrogens (primary N) is 1. The lowest BCUT2D eigenvalue weighted by Gasteiger charge is -2.35. The highest BCUT2D eigenvalue weighted by molar-refractivity contribution is 5.76. The zero-order chi connectivity index (χ0) is 14.7. The first-order valence-electron chi connectivity index (χ1n) is 7.69. The Kier molecular flexibility index (Phi) is 4.41. The number of primary amides is 1. The number of piperidine rings is 1. The van der Waals surface area contributed by atoms with E-state index in [1.807, 2.05) is 18.2 Å². The number of amides is 1. The van der Waals surface area contributed by atoms with Gasteiger partial charge in [0.2, 0.25) is 5.91 Å². The van der Waals surface area contributed by atoms with E-state index in [0.717, 1.165) is 38.2 Å². The van der Waals surface area contributed by atoms with Crippen LogP contribution in [0.1, 0.15) is 24.3 Å². The molecule has 21 heavy (non-hydrogen) atoms. The van der Waals surface area contributed by atoms with Gasteiger partial charge in [-0.25, -0.2) is 0 Å². The fourth-order valence-corrected chi connectivity index (χ4v) is 3.38. The predicted molar refractivity (Wildman–Crippen MR) is 81.3 cm³/mol. The zero-order valence-corrected chi connectivity index (χ0v) is 12.3. The smallest absolute Gasteiger partial charge is 0.231 e. The first-order valence-corrected chi connectivity index (χ1v) is 7.69. The van der Waals surface area contributed by atoms with E-state index in [0.29, 0.717) is 25.1 Å². The zero-order valence-electron chi connectivity index (χ0n) is 12.3. The summed E-state index contributed by atoms with van der Waals surface area (Å²) < 4.78 is 5.75. The summed E-state index contributed by atoms with van der Waals surface area (Å²) in [5, 5.41) is 3.36. The van der Waals surface area contributed by atoms with Gasteiger partial charge in [0.1, 0.15) is 5.75 Å². The number of carbonyl (C=O) groups is 1. The van der Waals surface area contributed by atoms with Crippen molar-refractivity contribution in [3.63, 3.8) is 0 Å². The Bertz CT molecular complexity index is 500. The molecule has 1 fully saturated rings.